The van der Waals surface area contributed by atoms with Gasteiger partial charge < -0.3 is 14.5 Å². The summed E-state index contributed by atoms with van der Waals surface area (Å²) in [5.41, 5.74) is 1.07. The summed E-state index contributed by atoms with van der Waals surface area (Å²) >= 11 is 0. The zero-order chi connectivity index (χ0) is 9.97. The van der Waals surface area contributed by atoms with Gasteiger partial charge in [0.25, 0.3) is 0 Å². The van der Waals surface area contributed by atoms with E-state index in [9.17, 15) is 0 Å². The second-order valence-electron chi connectivity index (χ2n) is 2.86. The normalized spacial score (nSPS) is 10.1. The van der Waals surface area contributed by atoms with Gasteiger partial charge in [0.1, 0.15) is 5.76 Å². The first-order valence-corrected chi connectivity index (χ1v) is 4.12. The Morgan fingerprint density at radius 2 is 2.14 bits per heavy atom. The first kappa shape index (κ1) is 8.99. The van der Waals surface area contributed by atoms with Crippen molar-refractivity contribution < 1.29 is 14.5 Å². The third-order valence-corrected chi connectivity index (χ3v) is 1.86. The highest BCUT2D eigenvalue weighted by Crippen LogP contribution is 2.16. The maximum absolute atomic E-state index is 8.93. The predicted octanol–water partition coefficient (Wildman–Crippen LogP) is 0.0214. The zero-order valence-electron chi connectivity index (χ0n) is 7.29. The number of hydrogen-bond acceptors (Lipinski definition) is 4. The number of rotatable bonds is 2. The van der Waals surface area contributed by atoms with Gasteiger partial charge >= 0.3 is 7.12 Å². The third kappa shape index (κ3) is 1.68. The molecule has 0 fully saturated rings. The van der Waals surface area contributed by atoms with Crippen LogP contribution in [0.15, 0.2) is 41.3 Å². The molecular formula is C9H8BNO3. The first-order chi connectivity index (χ1) is 6.77. The van der Waals surface area contributed by atoms with Crippen LogP contribution in [0.3, 0.4) is 0 Å². The monoisotopic (exact) mass is 189 g/mol. The summed E-state index contributed by atoms with van der Waals surface area (Å²) < 4.78 is 5.15. The van der Waals surface area contributed by atoms with Crippen molar-refractivity contribution in [2.45, 2.75) is 0 Å². The lowest BCUT2D eigenvalue weighted by Gasteiger charge is -2.00. The molecule has 2 aromatic heterocycles. The smallest absolute Gasteiger partial charge is 0.464 e. The highest BCUT2D eigenvalue weighted by atomic mass is 16.4. The van der Waals surface area contributed by atoms with Gasteiger partial charge in [0, 0.05) is 23.4 Å². The van der Waals surface area contributed by atoms with Crippen LogP contribution in [-0.2, 0) is 0 Å². The molecule has 2 aromatic rings. The summed E-state index contributed by atoms with van der Waals surface area (Å²) in [6.45, 7) is 0. The maximum atomic E-state index is 8.93. The van der Waals surface area contributed by atoms with Gasteiger partial charge in [-0.25, -0.2) is 0 Å². The van der Waals surface area contributed by atoms with Crippen molar-refractivity contribution in [2.24, 2.45) is 0 Å². The van der Waals surface area contributed by atoms with Crippen molar-refractivity contribution in [2.75, 3.05) is 0 Å². The fourth-order valence-corrected chi connectivity index (χ4v) is 1.18. The first-order valence-electron chi connectivity index (χ1n) is 4.12. The van der Waals surface area contributed by atoms with Gasteiger partial charge in [0.2, 0.25) is 0 Å². The average Bonchev–Trinajstić information content (AvgIpc) is 2.71. The molecule has 0 bridgehead atoms. The predicted molar refractivity (Wildman–Crippen MR) is 51.8 cm³/mol. The van der Waals surface area contributed by atoms with E-state index < -0.39 is 7.12 Å². The number of pyridine rings is 1. The number of nitrogens with zero attached hydrogens (tertiary/aromatic N) is 1. The van der Waals surface area contributed by atoms with E-state index in [-0.39, 0.29) is 0 Å². The van der Waals surface area contributed by atoms with Crippen LogP contribution in [0, 0.1) is 0 Å². The van der Waals surface area contributed by atoms with E-state index in [0.29, 0.717) is 11.2 Å². The van der Waals surface area contributed by atoms with Crippen LogP contribution in [0.5, 0.6) is 0 Å². The van der Waals surface area contributed by atoms with Crippen LogP contribution in [0.2, 0.25) is 0 Å². The molecule has 0 radical (unpaired) electrons. The summed E-state index contributed by atoms with van der Waals surface area (Å²) in [6, 6.07) is 5.17. The Bertz CT molecular complexity index is 414. The van der Waals surface area contributed by atoms with E-state index in [1.807, 2.05) is 0 Å². The minimum Gasteiger partial charge on any atom is -0.464 e. The zero-order valence-corrected chi connectivity index (χ0v) is 7.29. The van der Waals surface area contributed by atoms with E-state index >= 15 is 0 Å². The van der Waals surface area contributed by atoms with Crippen molar-refractivity contribution in [1.29, 1.82) is 0 Å². The molecule has 0 aromatic carbocycles. The molecule has 0 amide bonds. The van der Waals surface area contributed by atoms with E-state index in [1.54, 1.807) is 30.7 Å². The third-order valence-electron chi connectivity index (χ3n) is 1.86. The van der Waals surface area contributed by atoms with Gasteiger partial charge in [0.05, 0.1) is 6.26 Å². The van der Waals surface area contributed by atoms with Gasteiger partial charge in [-0.05, 0) is 18.2 Å². The Hall–Kier alpha value is -1.59. The molecule has 0 aliphatic carbocycles. The molecule has 0 unspecified atom stereocenters. The highest BCUT2D eigenvalue weighted by Gasteiger charge is 2.12. The Kier molecular flexibility index (Phi) is 2.34. The molecular weight excluding hydrogens is 181 g/mol. The lowest BCUT2D eigenvalue weighted by Crippen LogP contribution is -2.30. The van der Waals surface area contributed by atoms with Crippen molar-refractivity contribution in [3.8, 4) is 11.3 Å². The lowest BCUT2D eigenvalue weighted by atomic mass is 9.81. The molecule has 0 saturated carbocycles. The van der Waals surface area contributed by atoms with Gasteiger partial charge in [0.15, 0.2) is 0 Å². The van der Waals surface area contributed by atoms with E-state index in [1.165, 1.54) is 6.20 Å². The molecule has 2 N–H and O–H groups in total. The fraction of sp³-hybridized carbons (Fsp3) is 0. The molecule has 5 heteroatoms. The molecule has 0 atom stereocenters. The van der Waals surface area contributed by atoms with Crippen molar-refractivity contribution in [1.82, 2.24) is 4.98 Å². The highest BCUT2D eigenvalue weighted by molar-refractivity contribution is 6.58. The Morgan fingerprint density at radius 3 is 2.79 bits per heavy atom. The van der Waals surface area contributed by atoms with Crippen LogP contribution >= 0.6 is 0 Å². The summed E-state index contributed by atoms with van der Waals surface area (Å²) in [6.07, 6.45) is 4.55. The van der Waals surface area contributed by atoms with E-state index in [2.05, 4.69) is 4.98 Å². The lowest BCUT2D eigenvalue weighted by molar-refractivity contribution is 0.425. The van der Waals surface area contributed by atoms with Gasteiger partial charge in [-0.15, -0.1) is 0 Å². The van der Waals surface area contributed by atoms with Crippen LogP contribution < -0.4 is 5.46 Å². The molecule has 2 heterocycles. The average molecular weight is 189 g/mol. The number of furan rings is 1. The minimum absolute atomic E-state index is 0.346. The van der Waals surface area contributed by atoms with Gasteiger partial charge in [-0.2, -0.15) is 0 Å². The fourth-order valence-electron chi connectivity index (χ4n) is 1.18. The summed E-state index contributed by atoms with van der Waals surface area (Å²) in [5, 5.41) is 17.9. The topological polar surface area (TPSA) is 66.5 Å². The summed E-state index contributed by atoms with van der Waals surface area (Å²) in [4.78, 5) is 3.88. The molecule has 0 aliphatic heterocycles. The second kappa shape index (κ2) is 3.65. The Labute approximate surface area is 81.0 Å². The number of aromatic nitrogens is 1. The van der Waals surface area contributed by atoms with Crippen LogP contribution in [0.1, 0.15) is 0 Å². The molecule has 2 rings (SSSR count). The molecule has 0 aliphatic rings. The standard InChI is InChI=1S/C9H8BNO3/c12-10(13)8-4-7(5-11-6-8)9-2-1-3-14-9/h1-6,12-13H. The second-order valence-corrected chi connectivity index (χ2v) is 2.86. The summed E-state index contributed by atoms with van der Waals surface area (Å²) in [5.74, 6) is 0.653. The van der Waals surface area contributed by atoms with Gasteiger partial charge in [-0.3, -0.25) is 4.98 Å². The summed E-state index contributed by atoms with van der Waals surface area (Å²) in [7, 11) is -1.50. The van der Waals surface area contributed by atoms with E-state index in [0.717, 1.165) is 5.56 Å². The molecule has 0 spiro atoms. The molecule has 4 nitrogen and oxygen atoms in total. The van der Waals surface area contributed by atoms with Crippen molar-refractivity contribution >= 4 is 12.6 Å². The van der Waals surface area contributed by atoms with E-state index in [4.69, 9.17) is 14.5 Å². The minimum atomic E-state index is -1.50. The quantitative estimate of drug-likeness (QED) is 0.653. The van der Waals surface area contributed by atoms with Crippen LogP contribution in [0.25, 0.3) is 11.3 Å². The van der Waals surface area contributed by atoms with Crippen molar-refractivity contribution in [3.63, 3.8) is 0 Å². The van der Waals surface area contributed by atoms with Gasteiger partial charge in [-0.1, -0.05) is 0 Å². The van der Waals surface area contributed by atoms with Crippen LogP contribution in [-0.4, -0.2) is 22.2 Å². The number of hydrogen-bond donors (Lipinski definition) is 2. The molecule has 0 saturated heterocycles. The van der Waals surface area contributed by atoms with Crippen LogP contribution in [0.4, 0.5) is 0 Å². The molecule has 14 heavy (non-hydrogen) atoms. The Balaban J connectivity index is 2.41. The molecule has 70 valence electrons. The SMILES string of the molecule is OB(O)c1cncc(-c2ccco2)c1. The Morgan fingerprint density at radius 1 is 1.29 bits per heavy atom. The maximum Gasteiger partial charge on any atom is 0.490 e. The largest absolute Gasteiger partial charge is 0.490 e. The van der Waals surface area contributed by atoms with Crippen molar-refractivity contribution in [3.05, 3.63) is 36.9 Å².